The number of carboxylic acid groups (broad SMARTS) is 2. The standard InChI is InChI=1S/C14H26O6/c1-5-9(3)7-13(19,11(15)16)14(20,12(17)18)8-10(4)6-2/h9-10,19-20H,5-8H2,1-4H3,(H,15,16)(H,17,18). The monoisotopic (exact) mass is 290 g/mol. The molecule has 4 unspecified atom stereocenters. The van der Waals surface area contributed by atoms with E-state index in [-0.39, 0.29) is 24.7 Å². The van der Waals surface area contributed by atoms with Gasteiger partial charge in [0.25, 0.3) is 0 Å². The van der Waals surface area contributed by atoms with Crippen LogP contribution in [0.2, 0.25) is 0 Å². The normalized spacial score (nSPS) is 20.5. The Morgan fingerprint density at radius 1 is 0.850 bits per heavy atom. The topological polar surface area (TPSA) is 115 Å². The molecule has 0 aliphatic heterocycles. The van der Waals surface area contributed by atoms with Crippen LogP contribution < -0.4 is 0 Å². The first-order valence-electron chi connectivity index (χ1n) is 6.96. The zero-order valence-electron chi connectivity index (χ0n) is 12.6. The Bertz CT molecular complexity index is 322. The summed E-state index contributed by atoms with van der Waals surface area (Å²) < 4.78 is 0. The van der Waals surface area contributed by atoms with E-state index in [1.807, 2.05) is 0 Å². The van der Waals surface area contributed by atoms with Crippen LogP contribution in [0, 0.1) is 11.8 Å². The fourth-order valence-corrected chi connectivity index (χ4v) is 2.16. The Morgan fingerprint density at radius 3 is 1.25 bits per heavy atom. The van der Waals surface area contributed by atoms with Gasteiger partial charge in [-0.05, 0) is 24.7 Å². The van der Waals surface area contributed by atoms with Crippen LogP contribution in [0.3, 0.4) is 0 Å². The van der Waals surface area contributed by atoms with Crippen molar-refractivity contribution >= 4 is 11.9 Å². The first-order valence-corrected chi connectivity index (χ1v) is 6.96. The fraction of sp³-hybridized carbons (Fsp3) is 0.857. The van der Waals surface area contributed by atoms with Crippen molar-refractivity contribution in [3.8, 4) is 0 Å². The van der Waals surface area contributed by atoms with Gasteiger partial charge in [-0.25, -0.2) is 9.59 Å². The molecule has 0 aliphatic rings. The maximum Gasteiger partial charge on any atom is 0.339 e. The predicted octanol–water partition coefficient (Wildman–Crippen LogP) is 1.49. The highest BCUT2D eigenvalue weighted by atomic mass is 16.5. The minimum Gasteiger partial charge on any atom is -0.479 e. The molecular weight excluding hydrogens is 264 g/mol. The lowest BCUT2D eigenvalue weighted by atomic mass is 9.72. The maximum absolute atomic E-state index is 11.4. The molecule has 0 aromatic rings. The molecule has 0 aliphatic carbocycles. The largest absolute Gasteiger partial charge is 0.479 e. The van der Waals surface area contributed by atoms with Gasteiger partial charge in [-0.3, -0.25) is 0 Å². The van der Waals surface area contributed by atoms with Crippen molar-refractivity contribution in [2.24, 2.45) is 11.8 Å². The number of aliphatic carboxylic acids is 2. The summed E-state index contributed by atoms with van der Waals surface area (Å²) in [6.07, 6.45) is 0.541. The molecule has 0 radical (unpaired) electrons. The van der Waals surface area contributed by atoms with Crippen LogP contribution >= 0.6 is 0 Å². The summed E-state index contributed by atoms with van der Waals surface area (Å²) in [5.41, 5.74) is -5.39. The van der Waals surface area contributed by atoms with E-state index in [0.717, 1.165) is 0 Å². The highest BCUT2D eigenvalue weighted by Crippen LogP contribution is 2.36. The van der Waals surface area contributed by atoms with Gasteiger partial charge in [0.15, 0.2) is 0 Å². The average molecular weight is 290 g/mol. The molecule has 20 heavy (non-hydrogen) atoms. The van der Waals surface area contributed by atoms with E-state index in [4.69, 9.17) is 0 Å². The van der Waals surface area contributed by atoms with E-state index < -0.39 is 23.1 Å². The molecule has 4 N–H and O–H groups in total. The van der Waals surface area contributed by atoms with E-state index in [1.54, 1.807) is 27.7 Å². The van der Waals surface area contributed by atoms with Crippen LogP contribution in [-0.2, 0) is 9.59 Å². The Kier molecular flexibility index (Phi) is 6.64. The van der Waals surface area contributed by atoms with Gasteiger partial charge in [0, 0.05) is 0 Å². The molecule has 4 atom stereocenters. The van der Waals surface area contributed by atoms with Gasteiger partial charge in [0.05, 0.1) is 0 Å². The molecule has 118 valence electrons. The van der Waals surface area contributed by atoms with E-state index in [2.05, 4.69) is 0 Å². The number of rotatable bonds is 9. The molecule has 0 heterocycles. The molecule has 6 heteroatoms. The van der Waals surface area contributed by atoms with Crippen molar-refractivity contribution in [3.05, 3.63) is 0 Å². The molecular formula is C14H26O6. The van der Waals surface area contributed by atoms with Crippen molar-refractivity contribution in [2.45, 2.75) is 64.6 Å². The summed E-state index contributed by atoms with van der Waals surface area (Å²) in [7, 11) is 0. The second-order valence-corrected chi connectivity index (χ2v) is 5.77. The molecule has 0 bridgehead atoms. The SMILES string of the molecule is CCC(C)CC(O)(C(=O)O)C(O)(CC(C)CC)C(=O)O. The third-order valence-electron chi connectivity index (χ3n) is 4.07. The third-order valence-corrected chi connectivity index (χ3v) is 4.07. The summed E-state index contributed by atoms with van der Waals surface area (Å²) in [5.74, 6) is -3.85. The van der Waals surface area contributed by atoms with Gasteiger partial charge in [-0.1, -0.05) is 40.5 Å². The molecule has 0 saturated carbocycles. The van der Waals surface area contributed by atoms with E-state index >= 15 is 0 Å². The highest BCUT2D eigenvalue weighted by Gasteiger charge is 2.60. The average Bonchev–Trinajstić information content (AvgIpc) is 2.37. The van der Waals surface area contributed by atoms with Crippen molar-refractivity contribution in [1.29, 1.82) is 0 Å². The van der Waals surface area contributed by atoms with E-state index in [1.165, 1.54) is 0 Å². The molecule has 6 nitrogen and oxygen atoms in total. The molecule has 0 aromatic heterocycles. The Hall–Kier alpha value is -1.14. The van der Waals surface area contributed by atoms with Crippen LogP contribution in [0.15, 0.2) is 0 Å². The molecule has 0 amide bonds. The van der Waals surface area contributed by atoms with Crippen molar-refractivity contribution < 1.29 is 30.0 Å². The van der Waals surface area contributed by atoms with Gasteiger partial charge >= 0.3 is 11.9 Å². The zero-order valence-corrected chi connectivity index (χ0v) is 12.6. The van der Waals surface area contributed by atoms with Crippen LogP contribution in [0.1, 0.15) is 53.4 Å². The number of hydrogen-bond acceptors (Lipinski definition) is 4. The van der Waals surface area contributed by atoms with Crippen LogP contribution in [0.25, 0.3) is 0 Å². The minimum atomic E-state index is -2.70. The summed E-state index contributed by atoms with van der Waals surface area (Å²) in [6.45, 7) is 7.03. The summed E-state index contributed by atoms with van der Waals surface area (Å²) in [6, 6.07) is 0. The highest BCUT2D eigenvalue weighted by molar-refractivity contribution is 5.90. The first-order chi connectivity index (χ1) is 9.05. The zero-order chi connectivity index (χ0) is 16.1. The van der Waals surface area contributed by atoms with Crippen molar-refractivity contribution in [1.82, 2.24) is 0 Å². The van der Waals surface area contributed by atoms with Gasteiger partial charge < -0.3 is 20.4 Å². The lowest BCUT2D eigenvalue weighted by Gasteiger charge is -2.39. The fourth-order valence-electron chi connectivity index (χ4n) is 2.16. The molecule has 0 rings (SSSR count). The summed E-state index contributed by atoms with van der Waals surface area (Å²) >= 11 is 0. The smallest absolute Gasteiger partial charge is 0.339 e. The van der Waals surface area contributed by atoms with Crippen molar-refractivity contribution in [3.63, 3.8) is 0 Å². The van der Waals surface area contributed by atoms with Gasteiger partial charge in [-0.2, -0.15) is 0 Å². The van der Waals surface area contributed by atoms with Crippen molar-refractivity contribution in [2.75, 3.05) is 0 Å². The Balaban J connectivity index is 5.66. The van der Waals surface area contributed by atoms with E-state index in [9.17, 15) is 30.0 Å². The predicted molar refractivity (Wildman–Crippen MR) is 73.3 cm³/mol. The van der Waals surface area contributed by atoms with E-state index in [0.29, 0.717) is 12.8 Å². The lowest BCUT2D eigenvalue weighted by molar-refractivity contribution is -0.213. The third kappa shape index (κ3) is 3.70. The maximum atomic E-state index is 11.4. The molecule has 0 spiro atoms. The number of hydrogen-bond donors (Lipinski definition) is 4. The second-order valence-electron chi connectivity index (χ2n) is 5.77. The summed E-state index contributed by atoms with van der Waals surface area (Å²) in [4.78, 5) is 22.8. The molecule has 0 aromatic carbocycles. The number of carbonyl (C=O) groups is 2. The van der Waals surface area contributed by atoms with Gasteiger partial charge in [0.2, 0.25) is 11.2 Å². The van der Waals surface area contributed by atoms with Gasteiger partial charge in [0.1, 0.15) is 0 Å². The van der Waals surface area contributed by atoms with Crippen LogP contribution in [-0.4, -0.2) is 43.6 Å². The first kappa shape index (κ1) is 18.9. The minimum absolute atomic E-state index is 0.223. The number of aliphatic hydroxyl groups is 2. The van der Waals surface area contributed by atoms with Crippen LogP contribution in [0.5, 0.6) is 0 Å². The molecule has 0 fully saturated rings. The summed E-state index contributed by atoms with van der Waals surface area (Å²) in [5, 5.41) is 39.3. The molecule has 0 saturated heterocycles. The quantitative estimate of drug-likeness (QED) is 0.511. The Labute approximate surface area is 119 Å². The lowest BCUT2D eigenvalue weighted by Crippen LogP contribution is -2.64. The Morgan fingerprint density at radius 2 is 1.10 bits per heavy atom. The van der Waals surface area contributed by atoms with Gasteiger partial charge in [-0.15, -0.1) is 0 Å². The second kappa shape index (κ2) is 7.04. The van der Waals surface area contributed by atoms with Crippen LogP contribution in [0.4, 0.5) is 0 Å². The number of carboxylic acids is 2.